The summed E-state index contributed by atoms with van der Waals surface area (Å²) in [6.45, 7) is 8.75. The van der Waals surface area contributed by atoms with E-state index in [-0.39, 0.29) is 11.3 Å². The highest BCUT2D eigenvalue weighted by Gasteiger charge is 2.47. The predicted octanol–water partition coefficient (Wildman–Crippen LogP) is 6.30. The van der Waals surface area contributed by atoms with Gasteiger partial charge in [-0.1, -0.05) is 38.1 Å². The van der Waals surface area contributed by atoms with Gasteiger partial charge in [0.25, 0.3) is 11.7 Å². The average Bonchev–Trinajstić information content (AvgIpc) is 3.19. The lowest BCUT2D eigenvalue weighted by molar-refractivity contribution is -0.132. The fraction of sp³-hybridized carbons (Fsp3) is 0.312. The van der Waals surface area contributed by atoms with E-state index in [1.54, 1.807) is 18.2 Å². The number of nitrogens with zero attached hydrogens (tertiary/aromatic N) is 2. The molecule has 1 heterocycles. The minimum atomic E-state index is -0.822. The van der Waals surface area contributed by atoms with Crippen molar-refractivity contribution in [1.82, 2.24) is 0 Å². The Labute approximate surface area is 230 Å². The molecular formula is C32H36N2O5. The number of carbonyl (C=O) groups is 2. The molecule has 1 amide bonds. The summed E-state index contributed by atoms with van der Waals surface area (Å²) in [6.07, 6.45) is 0. The first kappa shape index (κ1) is 27.8. The van der Waals surface area contributed by atoms with Gasteiger partial charge >= 0.3 is 0 Å². The van der Waals surface area contributed by atoms with Gasteiger partial charge in [-0.05, 0) is 67.3 Å². The van der Waals surface area contributed by atoms with E-state index in [1.807, 2.05) is 81.4 Å². The molecule has 0 saturated carbocycles. The van der Waals surface area contributed by atoms with Gasteiger partial charge < -0.3 is 19.5 Å². The fourth-order valence-corrected chi connectivity index (χ4v) is 4.76. The topological polar surface area (TPSA) is 79.3 Å². The molecule has 0 spiro atoms. The Hall–Kier alpha value is -4.26. The minimum Gasteiger partial charge on any atom is -0.507 e. The summed E-state index contributed by atoms with van der Waals surface area (Å²) in [7, 11) is 3.87. The SMILES string of the molecule is CCOc1ccc(/C(O)=C2/C(=O)C(=O)N(c3ccc(N(C)C)cc3)C2c2ccc(C(C)C)cc2)c(OCC)c1. The monoisotopic (exact) mass is 528 g/mol. The lowest BCUT2D eigenvalue weighted by Crippen LogP contribution is -2.29. The highest BCUT2D eigenvalue weighted by Crippen LogP contribution is 2.44. The fourth-order valence-electron chi connectivity index (χ4n) is 4.76. The second kappa shape index (κ2) is 11.6. The van der Waals surface area contributed by atoms with E-state index in [2.05, 4.69) is 13.8 Å². The molecule has 3 aromatic rings. The van der Waals surface area contributed by atoms with E-state index < -0.39 is 17.7 Å². The Morgan fingerprint density at radius 3 is 2.13 bits per heavy atom. The second-order valence-corrected chi connectivity index (χ2v) is 9.93. The van der Waals surface area contributed by atoms with Gasteiger partial charge in [0.15, 0.2) is 0 Å². The number of aliphatic hydroxyl groups excluding tert-OH is 1. The highest BCUT2D eigenvalue weighted by atomic mass is 16.5. The van der Waals surface area contributed by atoms with Crippen LogP contribution in [-0.2, 0) is 9.59 Å². The molecular weight excluding hydrogens is 492 g/mol. The number of anilines is 2. The zero-order valence-corrected chi connectivity index (χ0v) is 23.4. The molecule has 1 unspecified atom stereocenters. The first-order valence-electron chi connectivity index (χ1n) is 13.3. The number of aliphatic hydroxyl groups is 1. The van der Waals surface area contributed by atoms with Crippen molar-refractivity contribution in [2.45, 2.75) is 39.7 Å². The summed E-state index contributed by atoms with van der Waals surface area (Å²) in [5.41, 5.74) is 3.72. The quantitative estimate of drug-likeness (QED) is 0.200. The van der Waals surface area contributed by atoms with Crippen LogP contribution in [0.5, 0.6) is 11.5 Å². The first-order valence-corrected chi connectivity index (χ1v) is 13.3. The van der Waals surface area contributed by atoms with Gasteiger partial charge in [-0.15, -0.1) is 0 Å². The van der Waals surface area contributed by atoms with Crippen molar-refractivity contribution in [3.05, 3.63) is 89.0 Å². The maximum absolute atomic E-state index is 13.6. The molecule has 7 nitrogen and oxygen atoms in total. The van der Waals surface area contributed by atoms with Gasteiger partial charge in [-0.3, -0.25) is 14.5 Å². The Bertz CT molecular complexity index is 1370. The molecule has 0 bridgehead atoms. The van der Waals surface area contributed by atoms with E-state index in [4.69, 9.17) is 9.47 Å². The van der Waals surface area contributed by atoms with Crippen LogP contribution in [0.4, 0.5) is 11.4 Å². The van der Waals surface area contributed by atoms with Crippen molar-refractivity contribution in [3.63, 3.8) is 0 Å². The van der Waals surface area contributed by atoms with Crippen molar-refractivity contribution in [2.75, 3.05) is 37.1 Å². The first-order chi connectivity index (χ1) is 18.7. The Morgan fingerprint density at radius 2 is 1.56 bits per heavy atom. The Morgan fingerprint density at radius 1 is 0.923 bits per heavy atom. The van der Waals surface area contributed by atoms with Crippen LogP contribution < -0.4 is 19.3 Å². The minimum absolute atomic E-state index is 0.0131. The van der Waals surface area contributed by atoms with Crippen LogP contribution in [0.1, 0.15) is 56.3 Å². The number of ether oxygens (including phenoxy) is 2. The zero-order valence-electron chi connectivity index (χ0n) is 23.4. The number of benzene rings is 3. The molecule has 1 fully saturated rings. The van der Waals surface area contributed by atoms with E-state index in [0.29, 0.717) is 41.9 Å². The van der Waals surface area contributed by atoms with Crippen molar-refractivity contribution < 1.29 is 24.2 Å². The maximum atomic E-state index is 13.6. The van der Waals surface area contributed by atoms with E-state index in [1.165, 1.54) is 4.90 Å². The normalized spacial score (nSPS) is 16.6. The molecule has 1 atom stereocenters. The summed E-state index contributed by atoms with van der Waals surface area (Å²) < 4.78 is 11.4. The van der Waals surface area contributed by atoms with Crippen LogP contribution in [0.3, 0.4) is 0 Å². The number of Topliss-reactive ketones (excluding diaryl/α,β-unsaturated/α-hetero) is 1. The summed E-state index contributed by atoms with van der Waals surface area (Å²) in [5, 5.41) is 11.6. The van der Waals surface area contributed by atoms with Crippen LogP contribution in [0.2, 0.25) is 0 Å². The number of hydrogen-bond acceptors (Lipinski definition) is 6. The largest absolute Gasteiger partial charge is 0.507 e. The molecule has 7 heteroatoms. The third kappa shape index (κ3) is 5.48. The zero-order chi connectivity index (χ0) is 28.3. The van der Waals surface area contributed by atoms with Crippen LogP contribution in [0.25, 0.3) is 5.76 Å². The van der Waals surface area contributed by atoms with E-state index in [0.717, 1.165) is 16.8 Å². The molecule has 3 aromatic carbocycles. The van der Waals surface area contributed by atoms with Crippen LogP contribution in [0, 0.1) is 0 Å². The molecule has 1 aliphatic heterocycles. The number of hydrogen-bond donors (Lipinski definition) is 1. The summed E-state index contributed by atoms with van der Waals surface area (Å²) in [4.78, 5) is 30.6. The van der Waals surface area contributed by atoms with E-state index in [9.17, 15) is 14.7 Å². The number of rotatable bonds is 9. The van der Waals surface area contributed by atoms with Gasteiger partial charge in [0.2, 0.25) is 0 Å². The predicted molar refractivity (Wildman–Crippen MR) is 155 cm³/mol. The van der Waals surface area contributed by atoms with Gasteiger partial charge in [-0.25, -0.2) is 0 Å². The average molecular weight is 529 g/mol. The molecule has 0 radical (unpaired) electrons. The lowest BCUT2D eigenvalue weighted by Gasteiger charge is -2.26. The third-order valence-corrected chi connectivity index (χ3v) is 6.83. The molecule has 1 aliphatic rings. The molecule has 0 aliphatic carbocycles. The molecule has 1 saturated heterocycles. The number of amides is 1. The third-order valence-electron chi connectivity index (χ3n) is 6.83. The maximum Gasteiger partial charge on any atom is 0.300 e. The summed E-state index contributed by atoms with van der Waals surface area (Å²) >= 11 is 0. The summed E-state index contributed by atoms with van der Waals surface area (Å²) in [5.74, 6) is -0.461. The van der Waals surface area contributed by atoms with Crippen LogP contribution in [-0.4, -0.2) is 44.1 Å². The standard InChI is InChI=1S/C32H36N2O5/c1-7-38-25-17-18-26(27(19-25)39-8-2)30(35)28-29(22-11-9-21(10-12-22)20(3)4)34(32(37)31(28)36)24-15-13-23(14-16-24)33(5)6/h9-20,29,35H,7-8H2,1-6H3/b30-28-. The van der Waals surface area contributed by atoms with E-state index >= 15 is 0 Å². The Kier molecular flexibility index (Phi) is 8.29. The number of ketones is 1. The molecule has 204 valence electrons. The van der Waals surface area contributed by atoms with Gasteiger partial charge in [0.1, 0.15) is 17.3 Å². The van der Waals surface area contributed by atoms with Crippen LogP contribution >= 0.6 is 0 Å². The van der Waals surface area contributed by atoms with Crippen molar-refractivity contribution in [3.8, 4) is 11.5 Å². The molecule has 39 heavy (non-hydrogen) atoms. The highest BCUT2D eigenvalue weighted by molar-refractivity contribution is 6.51. The Balaban J connectivity index is 1.92. The lowest BCUT2D eigenvalue weighted by atomic mass is 9.93. The number of carbonyl (C=O) groups excluding carboxylic acids is 2. The molecule has 4 rings (SSSR count). The van der Waals surface area contributed by atoms with Crippen molar-refractivity contribution in [2.24, 2.45) is 0 Å². The van der Waals surface area contributed by atoms with Gasteiger partial charge in [0, 0.05) is 31.5 Å². The molecule has 1 N–H and O–H groups in total. The van der Waals surface area contributed by atoms with Crippen molar-refractivity contribution >= 4 is 28.8 Å². The van der Waals surface area contributed by atoms with Crippen LogP contribution in [0.15, 0.2) is 72.3 Å². The summed E-state index contributed by atoms with van der Waals surface area (Å²) in [6, 6.07) is 19.5. The smallest absolute Gasteiger partial charge is 0.300 e. The van der Waals surface area contributed by atoms with Gasteiger partial charge in [-0.2, -0.15) is 0 Å². The second-order valence-electron chi connectivity index (χ2n) is 9.93. The van der Waals surface area contributed by atoms with Gasteiger partial charge in [0.05, 0.1) is 30.4 Å². The van der Waals surface area contributed by atoms with Crippen molar-refractivity contribution in [1.29, 1.82) is 0 Å². The molecule has 0 aromatic heterocycles.